The van der Waals surface area contributed by atoms with Crippen molar-refractivity contribution in [2.24, 2.45) is 5.73 Å². The van der Waals surface area contributed by atoms with Crippen LogP contribution in [0.5, 0.6) is 0 Å². The molecule has 7 nitrogen and oxygen atoms in total. The Morgan fingerprint density at radius 2 is 1.87 bits per heavy atom. The summed E-state index contributed by atoms with van der Waals surface area (Å²) >= 11 is 0. The van der Waals surface area contributed by atoms with Gasteiger partial charge in [0.1, 0.15) is 0 Å². The van der Waals surface area contributed by atoms with E-state index >= 15 is 0 Å². The normalized spacial score (nSPS) is 18.3. The van der Waals surface area contributed by atoms with Crippen LogP contribution in [0.25, 0.3) is 0 Å². The van der Waals surface area contributed by atoms with Crippen molar-refractivity contribution < 1.29 is 17.7 Å². The number of nitro benzene ring substituents is 1. The van der Waals surface area contributed by atoms with E-state index in [2.05, 4.69) is 4.72 Å². The van der Waals surface area contributed by atoms with E-state index in [9.17, 15) is 22.9 Å². The van der Waals surface area contributed by atoms with E-state index in [4.69, 9.17) is 5.73 Å². The molecule has 0 amide bonds. The van der Waals surface area contributed by atoms with Crippen LogP contribution in [0, 0.1) is 15.9 Å². The molecular formula is C14H20FN3O4S. The second-order valence-electron chi connectivity index (χ2n) is 5.94. The second-order valence-corrected chi connectivity index (χ2v) is 7.68. The molecular weight excluding hydrogens is 325 g/mol. The SMILES string of the molecule is NC1(CNS(=O)(=O)c2cccc(F)c2[N+](=O)[O-])CCCCCC1. The molecule has 1 aromatic carbocycles. The van der Waals surface area contributed by atoms with Gasteiger partial charge < -0.3 is 5.73 Å². The van der Waals surface area contributed by atoms with E-state index in [0.29, 0.717) is 12.8 Å². The van der Waals surface area contributed by atoms with Gasteiger partial charge in [-0.05, 0) is 25.0 Å². The lowest BCUT2D eigenvalue weighted by Gasteiger charge is -2.28. The third-order valence-corrected chi connectivity index (χ3v) is 5.57. The van der Waals surface area contributed by atoms with Crippen LogP contribution in [0.2, 0.25) is 0 Å². The Balaban J connectivity index is 2.23. The van der Waals surface area contributed by atoms with Gasteiger partial charge in [-0.25, -0.2) is 13.1 Å². The Morgan fingerprint density at radius 3 is 2.43 bits per heavy atom. The van der Waals surface area contributed by atoms with Crippen LogP contribution in [-0.2, 0) is 10.0 Å². The Morgan fingerprint density at radius 1 is 1.26 bits per heavy atom. The van der Waals surface area contributed by atoms with Gasteiger partial charge in [0.15, 0.2) is 4.90 Å². The molecule has 0 spiro atoms. The first-order chi connectivity index (χ1) is 10.8. The Hall–Kier alpha value is -1.58. The number of nitro groups is 1. The molecule has 0 radical (unpaired) electrons. The lowest BCUT2D eigenvalue weighted by Crippen LogP contribution is -2.49. The predicted octanol–water partition coefficient (Wildman–Crippen LogP) is 2.06. The Bertz CT molecular complexity index is 685. The quantitative estimate of drug-likeness (QED) is 0.481. The molecule has 0 bridgehead atoms. The van der Waals surface area contributed by atoms with Gasteiger partial charge in [0, 0.05) is 12.1 Å². The van der Waals surface area contributed by atoms with Crippen LogP contribution >= 0.6 is 0 Å². The molecule has 0 saturated heterocycles. The predicted molar refractivity (Wildman–Crippen MR) is 82.9 cm³/mol. The summed E-state index contributed by atoms with van der Waals surface area (Å²) in [5, 5.41) is 11.0. The zero-order valence-corrected chi connectivity index (χ0v) is 13.4. The number of hydrogen-bond donors (Lipinski definition) is 2. The van der Waals surface area contributed by atoms with Gasteiger partial charge in [0.05, 0.1) is 4.92 Å². The van der Waals surface area contributed by atoms with E-state index in [0.717, 1.165) is 43.9 Å². The third-order valence-electron chi connectivity index (χ3n) is 4.14. The molecule has 128 valence electrons. The van der Waals surface area contributed by atoms with Gasteiger partial charge in [-0.1, -0.05) is 31.7 Å². The molecule has 0 unspecified atom stereocenters. The van der Waals surface area contributed by atoms with Crippen LogP contribution in [0.4, 0.5) is 10.1 Å². The molecule has 1 fully saturated rings. The molecule has 0 aromatic heterocycles. The van der Waals surface area contributed by atoms with Gasteiger partial charge >= 0.3 is 5.69 Å². The number of rotatable bonds is 5. The second kappa shape index (κ2) is 6.90. The van der Waals surface area contributed by atoms with Crippen molar-refractivity contribution in [2.45, 2.75) is 49.0 Å². The molecule has 23 heavy (non-hydrogen) atoms. The summed E-state index contributed by atoms with van der Waals surface area (Å²) in [7, 11) is -4.22. The van der Waals surface area contributed by atoms with Crippen molar-refractivity contribution in [1.29, 1.82) is 0 Å². The number of para-hydroxylation sites is 1. The molecule has 0 atom stereocenters. The highest BCUT2D eigenvalue weighted by Gasteiger charge is 2.32. The Kier molecular flexibility index (Phi) is 5.33. The van der Waals surface area contributed by atoms with Crippen molar-refractivity contribution >= 4 is 15.7 Å². The number of nitrogens with one attached hydrogen (secondary N) is 1. The molecule has 0 aliphatic heterocycles. The van der Waals surface area contributed by atoms with Gasteiger partial charge in [0.2, 0.25) is 15.8 Å². The van der Waals surface area contributed by atoms with Crippen molar-refractivity contribution in [3.63, 3.8) is 0 Å². The summed E-state index contributed by atoms with van der Waals surface area (Å²) in [4.78, 5) is 9.24. The van der Waals surface area contributed by atoms with Crippen molar-refractivity contribution in [3.05, 3.63) is 34.1 Å². The maximum absolute atomic E-state index is 13.6. The fourth-order valence-corrected chi connectivity index (χ4v) is 4.13. The minimum atomic E-state index is -4.22. The molecule has 1 aliphatic rings. The monoisotopic (exact) mass is 345 g/mol. The van der Waals surface area contributed by atoms with Crippen molar-refractivity contribution in [3.8, 4) is 0 Å². The lowest BCUT2D eigenvalue weighted by molar-refractivity contribution is -0.390. The van der Waals surface area contributed by atoms with E-state index in [1.807, 2.05) is 0 Å². The van der Waals surface area contributed by atoms with Crippen molar-refractivity contribution in [2.75, 3.05) is 6.54 Å². The van der Waals surface area contributed by atoms with Crippen molar-refractivity contribution in [1.82, 2.24) is 4.72 Å². The number of nitrogens with zero attached hydrogens (tertiary/aromatic N) is 1. The van der Waals surface area contributed by atoms with Gasteiger partial charge in [-0.2, -0.15) is 4.39 Å². The largest absolute Gasteiger partial charge is 0.324 e. The smallest absolute Gasteiger partial charge is 0.324 e. The minimum Gasteiger partial charge on any atom is -0.324 e. The minimum absolute atomic E-state index is 0.0248. The number of nitrogens with two attached hydrogens (primary N) is 1. The van der Waals surface area contributed by atoms with E-state index in [1.54, 1.807) is 0 Å². The summed E-state index contributed by atoms with van der Waals surface area (Å²) in [5.41, 5.74) is 4.51. The zero-order valence-electron chi connectivity index (χ0n) is 12.6. The van der Waals surface area contributed by atoms with E-state index < -0.39 is 36.9 Å². The summed E-state index contributed by atoms with van der Waals surface area (Å²) in [5.74, 6) is -1.19. The molecule has 3 N–H and O–H groups in total. The highest BCUT2D eigenvalue weighted by Crippen LogP contribution is 2.28. The molecule has 1 saturated carbocycles. The maximum atomic E-state index is 13.6. The van der Waals surface area contributed by atoms with Crippen LogP contribution < -0.4 is 10.5 Å². The Labute approximate surface area is 134 Å². The topological polar surface area (TPSA) is 115 Å². The third kappa shape index (κ3) is 4.24. The molecule has 1 aliphatic carbocycles. The summed E-state index contributed by atoms with van der Waals surface area (Å²) in [6, 6.07) is 2.99. The molecule has 2 rings (SSSR count). The van der Waals surface area contributed by atoms with Crippen LogP contribution in [0.1, 0.15) is 38.5 Å². The van der Waals surface area contributed by atoms with E-state index in [-0.39, 0.29) is 6.54 Å². The summed E-state index contributed by atoms with van der Waals surface area (Å²) in [6.45, 7) is -0.0248. The van der Waals surface area contributed by atoms with Gasteiger partial charge in [0.25, 0.3) is 0 Å². The van der Waals surface area contributed by atoms with Gasteiger partial charge in [-0.3, -0.25) is 10.1 Å². The molecule has 0 heterocycles. The summed E-state index contributed by atoms with van der Waals surface area (Å²) < 4.78 is 40.6. The van der Waals surface area contributed by atoms with Gasteiger partial charge in [-0.15, -0.1) is 0 Å². The summed E-state index contributed by atoms with van der Waals surface area (Å²) in [6.07, 6.45) is 5.31. The first-order valence-corrected chi connectivity index (χ1v) is 8.95. The van der Waals surface area contributed by atoms with Crippen LogP contribution in [-0.4, -0.2) is 25.4 Å². The zero-order chi connectivity index (χ0) is 17.1. The average Bonchev–Trinajstić information content (AvgIpc) is 2.70. The fourth-order valence-electron chi connectivity index (χ4n) is 2.82. The molecule has 9 heteroatoms. The first-order valence-electron chi connectivity index (χ1n) is 7.47. The highest BCUT2D eigenvalue weighted by atomic mass is 32.2. The fraction of sp³-hybridized carbons (Fsp3) is 0.571. The standard InChI is InChI=1S/C14H20FN3O4S/c15-11-6-5-7-12(13(11)18(19)20)23(21,22)17-10-14(16)8-3-1-2-4-9-14/h5-7,17H,1-4,8-10,16H2. The number of sulfonamides is 1. The number of halogens is 1. The number of hydrogen-bond acceptors (Lipinski definition) is 5. The highest BCUT2D eigenvalue weighted by molar-refractivity contribution is 7.89. The average molecular weight is 345 g/mol. The first kappa shape index (κ1) is 17.8. The maximum Gasteiger partial charge on any atom is 0.324 e. The number of benzene rings is 1. The molecule has 1 aromatic rings. The van der Waals surface area contributed by atoms with Crippen LogP contribution in [0.3, 0.4) is 0 Å². The van der Waals surface area contributed by atoms with Crippen LogP contribution in [0.15, 0.2) is 23.1 Å². The van der Waals surface area contributed by atoms with E-state index in [1.165, 1.54) is 0 Å². The lowest BCUT2D eigenvalue weighted by atomic mass is 9.92.